The minimum Gasteiger partial charge on any atom is -0.360 e. The molecular formula is C13H14BrN3O2. The van der Waals surface area contributed by atoms with Gasteiger partial charge < -0.3 is 9.84 Å². The van der Waals surface area contributed by atoms with E-state index in [1.807, 2.05) is 31.2 Å². The van der Waals surface area contributed by atoms with Crippen molar-refractivity contribution >= 4 is 27.8 Å². The molecule has 0 saturated heterocycles. The average molecular weight is 324 g/mol. The number of nitrogens with one attached hydrogen (secondary N) is 2. The van der Waals surface area contributed by atoms with Crippen molar-refractivity contribution in [3.63, 3.8) is 0 Å². The van der Waals surface area contributed by atoms with Gasteiger partial charge in [0.05, 0.1) is 6.04 Å². The number of carbonyl (C=O) groups is 1. The smallest absolute Gasteiger partial charge is 0.320 e. The summed E-state index contributed by atoms with van der Waals surface area (Å²) in [6.45, 7) is 3.68. The lowest BCUT2D eigenvalue weighted by Crippen LogP contribution is -2.31. The largest absolute Gasteiger partial charge is 0.360 e. The van der Waals surface area contributed by atoms with Gasteiger partial charge in [-0.3, -0.25) is 5.32 Å². The fraction of sp³-hybridized carbons (Fsp3) is 0.231. The molecule has 0 radical (unpaired) electrons. The summed E-state index contributed by atoms with van der Waals surface area (Å²) in [5, 5.41) is 9.14. The first kappa shape index (κ1) is 13.6. The lowest BCUT2D eigenvalue weighted by Gasteiger charge is -2.14. The zero-order chi connectivity index (χ0) is 13.8. The number of hydrogen-bond acceptors (Lipinski definition) is 3. The van der Waals surface area contributed by atoms with Gasteiger partial charge in [0.2, 0.25) is 0 Å². The Hall–Kier alpha value is -1.82. The Kier molecular flexibility index (Phi) is 4.21. The molecule has 1 heterocycles. The zero-order valence-corrected chi connectivity index (χ0v) is 12.2. The minimum absolute atomic E-state index is 0.106. The molecule has 0 spiro atoms. The highest BCUT2D eigenvalue weighted by Gasteiger charge is 2.11. The molecule has 19 heavy (non-hydrogen) atoms. The van der Waals surface area contributed by atoms with Gasteiger partial charge in [0, 0.05) is 10.5 Å². The molecule has 0 aliphatic heterocycles. The Labute approximate surface area is 119 Å². The maximum Gasteiger partial charge on any atom is 0.320 e. The predicted octanol–water partition coefficient (Wildman–Crippen LogP) is 3.63. The number of halogens is 1. The maximum absolute atomic E-state index is 11.8. The van der Waals surface area contributed by atoms with Crippen molar-refractivity contribution in [2.75, 3.05) is 5.32 Å². The van der Waals surface area contributed by atoms with Crippen molar-refractivity contribution in [2.45, 2.75) is 19.9 Å². The third kappa shape index (κ3) is 3.82. The first-order chi connectivity index (χ1) is 9.04. The van der Waals surface area contributed by atoms with E-state index in [0.29, 0.717) is 11.6 Å². The van der Waals surface area contributed by atoms with E-state index < -0.39 is 0 Å². The summed E-state index contributed by atoms with van der Waals surface area (Å²) >= 11 is 3.40. The second-order valence-electron chi connectivity index (χ2n) is 4.20. The normalized spacial score (nSPS) is 11.9. The van der Waals surface area contributed by atoms with E-state index in [1.165, 1.54) is 0 Å². The van der Waals surface area contributed by atoms with Gasteiger partial charge in [0.25, 0.3) is 0 Å². The number of carbonyl (C=O) groups excluding carboxylic acids is 1. The number of rotatable bonds is 3. The first-order valence-electron chi connectivity index (χ1n) is 5.81. The van der Waals surface area contributed by atoms with Gasteiger partial charge in [-0.1, -0.05) is 33.2 Å². The lowest BCUT2D eigenvalue weighted by molar-refractivity contribution is 0.249. The molecule has 0 aliphatic carbocycles. The molecule has 6 heteroatoms. The molecule has 1 atom stereocenters. The van der Waals surface area contributed by atoms with Crippen LogP contribution < -0.4 is 10.6 Å². The summed E-state index contributed by atoms with van der Waals surface area (Å²) in [6, 6.07) is 9.02. The third-order valence-electron chi connectivity index (χ3n) is 2.57. The number of hydrogen-bond donors (Lipinski definition) is 2. The molecular weight excluding hydrogens is 310 g/mol. The van der Waals surface area contributed by atoms with Crippen molar-refractivity contribution in [3.05, 3.63) is 46.1 Å². The van der Waals surface area contributed by atoms with Gasteiger partial charge in [-0.15, -0.1) is 0 Å². The van der Waals surface area contributed by atoms with Crippen LogP contribution in [-0.2, 0) is 0 Å². The molecule has 5 nitrogen and oxygen atoms in total. The van der Waals surface area contributed by atoms with Crippen molar-refractivity contribution in [3.8, 4) is 0 Å². The van der Waals surface area contributed by atoms with E-state index in [9.17, 15) is 4.79 Å². The van der Waals surface area contributed by atoms with Gasteiger partial charge in [0.15, 0.2) is 5.82 Å². The maximum atomic E-state index is 11.8. The van der Waals surface area contributed by atoms with Crippen molar-refractivity contribution in [2.24, 2.45) is 0 Å². The van der Waals surface area contributed by atoms with Gasteiger partial charge in [-0.25, -0.2) is 4.79 Å². The third-order valence-corrected chi connectivity index (χ3v) is 3.06. The van der Waals surface area contributed by atoms with Crippen molar-refractivity contribution < 1.29 is 9.32 Å². The zero-order valence-electron chi connectivity index (χ0n) is 10.6. The van der Waals surface area contributed by atoms with E-state index in [-0.39, 0.29) is 12.1 Å². The first-order valence-corrected chi connectivity index (χ1v) is 6.60. The Bertz CT molecular complexity index is 583. The second kappa shape index (κ2) is 5.88. The summed E-state index contributed by atoms with van der Waals surface area (Å²) < 4.78 is 5.85. The van der Waals surface area contributed by atoms with E-state index in [1.54, 1.807) is 13.0 Å². The average Bonchev–Trinajstić information content (AvgIpc) is 2.74. The van der Waals surface area contributed by atoms with E-state index >= 15 is 0 Å². The molecule has 0 saturated carbocycles. The SMILES string of the molecule is Cc1cc(NC(=O)N[C@H](C)c2cccc(Br)c2)no1. The molecule has 2 amide bonds. The molecule has 0 bridgehead atoms. The molecule has 1 aromatic heterocycles. The van der Waals surface area contributed by atoms with Gasteiger partial charge in [-0.05, 0) is 31.5 Å². The van der Waals surface area contributed by atoms with Crippen molar-refractivity contribution in [1.82, 2.24) is 10.5 Å². The van der Waals surface area contributed by atoms with Crippen LogP contribution in [0.1, 0.15) is 24.3 Å². The number of amides is 2. The molecule has 0 fully saturated rings. The van der Waals surface area contributed by atoms with E-state index in [4.69, 9.17) is 4.52 Å². The van der Waals surface area contributed by atoms with Crippen LogP contribution in [0.3, 0.4) is 0 Å². The van der Waals surface area contributed by atoms with Crippen LogP contribution in [0.25, 0.3) is 0 Å². The van der Waals surface area contributed by atoms with Gasteiger partial charge in [0.1, 0.15) is 5.76 Å². The van der Waals surface area contributed by atoms with Gasteiger partial charge >= 0.3 is 6.03 Å². The van der Waals surface area contributed by atoms with Crippen LogP contribution in [-0.4, -0.2) is 11.2 Å². The highest BCUT2D eigenvalue weighted by Crippen LogP contribution is 2.18. The number of urea groups is 1. The Morgan fingerprint density at radius 3 is 2.84 bits per heavy atom. The number of nitrogens with zero attached hydrogens (tertiary/aromatic N) is 1. The summed E-state index contributed by atoms with van der Waals surface area (Å²) in [7, 11) is 0. The van der Waals surface area contributed by atoms with E-state index in [2.05, 4.69) is 31.7 Å². The lowest BCUT2D eigenvalue weighted by atomic mass is 10.1. The quantitative estimate of drug-likeness (QED) is 0.906. The van der Waals surface area contributed by atoms with Crippen LogP contribution in [0.2, 0.25) is 0 Å². The summed E-state index contributed by atoms with van der Waals surface area (Å²) in [6.07, 6.45) is 0. The summed E-state index contributed by atoms with van der Waals surface area (Å²) in [4.78, 5) is 11.8. The summed E-state index contributed by atoms with van der Waals surface area (Å²) in [5.41, 5.74) is 1.01. The molecule has 2 rings (SSSR count). The number of benzene rings is 1. The molecule has 2 aromatic rings. The Morgan fingerprint density at radius 2 is 2.21 bits per heavy atom. The summed E-state index contributed by atoms with van der Waals surface area (Å²) in [5.74, 6) is 1.05. The second-order valence-corrected chi connectivity index (χ2v) is 5.11. The number of aryl methyl sites for hydroxylation is 1. The Balaban J connectivity index is 1.95. The molecule has 100 valence electrons. The predicted molar refractivity (Wildman–Crippen MR) is 76.0 cm³/mol. The highest BCUT2D eigenvalue weighted by atomic mass is 79.9. The fourth-order valence-electron chi connectivity index (χ4n) is 1.63. The number of aromatic nitrogens is 1. The van der Waals surface area contributed by atoms with Gasteiger partial charge in [-0.2, -0.15) is 0 Å². The highest BCUT2D eigenvalue weighted by molar-refractivity contribution is 9.10. The van der Waals surface area contributed by atoms with Crippen LogP contribution in [0.4, 0.5) is 10.6 Å². The minimum atomic E-state index is -0.319. The van der Waals surface area contributed by atoms with Crippen LogP contribution in [0, 0.1) is 6.92 Å². The topological polar surface area (TPSA) is 67.2 Å². The number of anilines is 1. The Morgan fingerprint density at radius 1 is 1.42 bits per heavy atom. The molecule has 2 N–H and O–H groups in total. The molecule has 0 unspecified atom stereocenters. The molecule has 0 aliphatic rings. The monoisotopic (exact) mass is 323 g/mol. The van der Waals surface area contributed by atoms with Crippen molar-refractivity contribution in [1.29, 1.82) is 0 Å². The van der Waals surface area contributed by atoms with E-state index in [0.717, 1.165) is 10.0 Å². The van der Waals surface area contributed by atoms with Crippen LogP contribution in [0.5, 0.6) is 0 Å². The fourth-order valence-corrected chi connectivity index (χ4v) is 2.05. The van der Waals surface area contributed by atoms with Crippen LogP contribution >= 0.6 is 15.9 Å². The molecule has 1 aromatic carbocycles. The van der Waals surface area contributed by atoms with Crippen LogP contribution in [0.15, 0.2) is 39.3 Å². The standard InChI is InChI=1S/C13H14BrN3O2/c1-8-6-12(17-19-8)16-13(18)15-9(2)10-4-3-5-11(14)7-10/h3-7,9H,1-2H3,(H2,15,16,17,18)/t9-/m1/s1.